The maximum absolute atomic E-state index is 13.6. The lowest BCUT2D eigenvalue weighted by Crippen LogP contribution is -2.18. The molecule has 2 aromatic rings. The number of nitrogens with one attached hydrogen (secondary N) is 1. The summed E-state index contributed by atoms with van der Waals surface area (Å²) in [7, 11) is 0. The number of aromatic nitrogens is 3. The Labute approximate surface area is 115 Å². The summed E-state index contributed by atoms with van der Waals surface area (Å²) in [5, 5.41) is 10.9. The van der Waals surface area contributed by atoms with E-state index in [1.807, 2.05) is 11.5 Å². The molecule has 0 radical (unpaired) electrons. The van der Waals surface area contributed by atoms with E-state index in [2.05, 4.69) is 15.5 Å². The van der Waals surface area contributed by atoms with E-state index in [-0.39, 0.29) is 12.4 Å². The van der Waals surface area contributed by atoms with E-state index in [0.717, 1.165) is 12.4 Å². The fourth-order valence-electron chi connectivity index (χ4n) is 1.85. The molecule has 0 aliphatic rings. The van der Waals surface area contributed by atoms with Crippen LogP contribution in [0.4, 0.5) is 4.39 Å². The van der Waals surface area contributed by atoms with Crippen LogP contribution in [0.3, 0.4) is 0 Å². The zero-order chi connectivity index (χ0) is 14.5. The molecule has 106 valence electrons. The third-order valence-corrected chi connectivity index (χ3v) is 2.97. The van der Waals surface area contributed by atoms with Crippen LogP contribution in [0.1, 0.15) is 28.7 Å². The number of nitrogens with zero attached hydrogens (tertiary/aromatic N) is 3. The number of aryl methyl sites for hydroxylation is 1. The predicted octanol–water partition coefficient (Wildman–Crippen LogP) is 0.826. The van der Waals surface area contributed by atoms with Gasteiger partial charge in [0.1, 0.15) is 18.0 Å². The number of hydrogen-bond acceptors (Lipinski definition) is 4. The summed E-state index contributed by atoms with van der Waals surface area (Å²) in [5.41, 5.74) is 5.86. The van der Waals surface area contributed by atoms with Crippen LogP contribution in [0, 0.1) is 5.82 Å². The Morgan fingerprint density at radius 1 is 1.45 bits per heavy atom. The highest BCUT2D eigenvalue weighted by Gasteiger charge is 2.08. The summed E-state index contributed by atoms with van der Waals surface area (Å²) in [4.78, 5) is 11.1. The van der Waals surface area contributed by atoms with Gasteiger partial charge in [0.25, 0.3) is 0 Å². The maximum atomic E-state index is 13.6. The van der Waals surface area contributed by atoms with E-state index in [4.69, 9.17) is 5.73 Å². The van der Waals surface area contributed by atoms with Crippen molar-refractivity contribution < 1.29 is 9.18 Å². The van der Waals surface area contributed by atoms with Gasteiger partial charge in [-0.15, -0.1) is 10.2 Å². The molecule has 0 bridgehead atoms. The summed E-state index contributed by atoms with van der Waals surface area (Å²) >= 11 is 0. The summed E-state index contributed by atoms with van der Waals surface area (Å²) in [6, 6.07) is 4.07. The number of benzene rings is 1. The molecule has 0 saturated carbocycles. The van der Waals surface area contributed by atoms with Crippen molar-refractivity contribution in [1.29, 1.82) is 0 Å². The molecule has 1 amide bonds. The average molecular weight is 277 g/mol. The van der Waals surface area contributed by atoms with Gasteiger partial charge in [0.05, 0.1) is 6.54 Å². The fourth-order valence-corrected chi connectivity index (χ4v) is 1.85. The van der Waals surface area contributed by atoms with Crippen molar-refractivity contribution in [3.05, 3.63) is 47.3 Å². The van der Waals surface area contributed by atoms with Crippen LogP contribution in [0.2, 0.25) is 0 Å². The van der Waals surface area contributed by atoms with Crippen LogP contribution in [-0.2, 0) is 19.6 Å². The van der Waals surface area contributed by atoms with Gasteiger partial charge < -0.3 is 15.6 Å². The van der Waals surface area contributed by atoms with E-state index in [1.165, 1.54) is 18.2 Å². The van der Waals surface area contributed by atoms with E-state index in [0.29, 0.717) is 17.7 Å². The standard InChI is InChI=1S/C13H16FN5O/c1-2-19-8-17-18-12(19)7-16-6-10-5-9(13(15)20)3-4-11(10)14/h3-5,8,16H,2,6-7H2,1H3,(H2,15,20). The quantitative estimate of drug-likeness (QED) is 0.818. The molecule has 0 saturated heterocycles. The molecular weight excluding hydrogens is 261 g/mol. The van der Waals surface area contributed by atoms with Gasteiger partial charge in [-0.1, -0.05) is 0 Å². The first kappa shape index (κ1) is 14.1. The monoisotopic (exact) mass is 277 g/mol. The van der Waals surface area contributed by atoms with Crippen molar-refractivity contribution in [3.63, 3.8) is 0 Å². The Hall–Kier alpha value is -2.28. The van der Waals surface area contributed by atoms with Gasteiger partial charge >= 0.3 is 0 Å². The number of carbonyl (C=O) groups excluding carboxylic acids is 1. The molecule has 2 rings (SSSR count). The fraction of sp³-hybridized carbons (Fsp3) is 0.308. The lowest BCUT2D eigenvalue weighted by Gasteiger charge is -2.07. The molecule has 0 atom stereocenters. The highest BCUT2D eigenvalue weighted by Crippen LogP contribution is 2.10. The topological polar surface area (TPSA) is 85.8 Å². The number of carbonyl (C=O) groups is 1. The lowest BCUT2D eigenvalue weighted by molar-refractivity contribution is 0.1000. The van der Waals surface area contributed by atoms with Gasteiger partial charge in [-0.05, 0) is 25.1 Å². The minimum atomic E-state index is -0.572. The van der Waals surface area contributed by atoms with Crippen molar-refractivity contribution in [2.75, 3.05) is 0 Å². The van der Waals surface area contributed by atoms with Gasteiger partial charge in [0, 0.05) is 24.2 Å². The molecule has 1 aromatic carbocycles. The van der Waals surface area contributed by atoms with Crippen molar-refractivity contribution in [3.8, 4) is 0 Å². The van der Waals surface area contributed by atoms with Gasteiger partial charge in [-0.2, -0.15) is 0 Å². The second-order valence-corrected chi connectivity index (χ2v) is 4.31. The van der Waals surface area contributed by atoms with E-state index < -0.39 is 5.91 Å². The summed E-state index contributed by atoms with van der Waals surface area (Å²) in [5.74, 6) is -0.171. The highest BCUT2D eigenvalue weighted by atomic mass is 19.1. The van der Waals surface area contributed by atoms with Crippen molar-refractivity contribution in [2.45, 2.75) is 26.6 Å². The Morgan fingerprint density at radius 3 is 2.95 bits per heavy atom. The third kappa shape index (κ3) is 3.18. The second-order valence-electron chi connectivity index (χ2n) is 4.31. The number of amides is 1. The number of primary amides is 1. The van der Waals surface area contributed by atoms with Crippen LogP contribution >= 0.6 is 0 Å². The van der Waals surface area contributed by atoms with Crippen molar-refractivity contribution >= 4 is 5.91 Å². The molecule has 3 N–H and O–H groups in total. The van der Waals surface area contributed by atoms with Crippen LogP contribution in [-0.4, -0.2) is 20.7 Å². The van der Waals surface area contributed by atoms with Gasteiger partial charge in [0.2, 0.25) is 5.91 Å². The van der Waals surface area contributed by atoms with Crippen LogP contribution in [0.25, 0.3) is 0 Å². The molecule has 1 heterocycles. The van der Waals surface area contributed by atoms with Crippen LogP contribution in [0.15, 0.2) is 24.5 Å². The Bertz CT molecular complexity index is 611. The van der Waals surface area contributed by atoms with E-state index >= 15 is 0 Å². The maximum Gasteiger partial charge on any atom is 0.248 e. The summed E-state index contributed by atoms with van der Waals surface area (Å²) in [6.07, 6.45) is 1.64. The Kier molecular flexibility index (Phi) is 4.41. The van der Waals surface area contributed by atoms with Gasteiger partial charge in [0.15, 0.2) is 0 Å². The molecule has 6 nitrogen and oxygen atoms in total. The minimum absolute atomic E-state index is 0.281. The summed E-state index contributed by atoms with van der Waals surface area (Å²) in [6.45, 7) is 3.51. The van der Waals surface area contributed by atoms with Crippen LogP contribution < -0.4 is 11.1 Å². The molecular formula is C13H16FN5O. The Morgan fingerprint density at radius 2 is 2.25 bits per heavy atom. The van der Waals surface area contributed by atoms with Crippen molar-refractivity contribution in [2.24, 2.45) is 5.73 Å². The van der Waals surface area contributed by atoms with E-state index in [9.17, 15) is 9.18 Å². The van der Waals surface area contributed by atoms with Crippen LogP contribution in [0.5, 0.6) is 0 Å². The zero-order valence-electron chi connectivity index (χ0n) is 11.1. The highest BCUT2D eigenvalue weighted by molar-refractivity contribution is 5.92. The molecule has 0 spiro atoms. The average Bonchev–Trinajstić information content (AvgIpc) is 2.88. The van der Waals surface area contributed by atoms with Crippen molar-refractivity contribution in [1.82, 2.24) is 20.1 Å². The van der Waals surface area contributed by atoms with E-state index in [1.54, 1.807) is 6.33 Å². The molecule has 0 aliphatic heterocycles. The first-order chi connectivity index (χ1) is 9.61. The Balaban J connectivity index is 2.00. The molecule has 0 unspecified atom stereocenters. The third-order valence-electron chi connectivity index (χ3n) is 2.97. The molecule has 20 heavy (non-hydrogen) atoms. The number of hydrogen-bond donors (Lipinski definition) is 2. The number of rotatable bonds is 6. The minimum Gasteiger partial charge on any atom is -0.366 e. The number of nitrogens with two attached hydrogens (primary N) is 1. The predicted molar refractivity (Wildman–Crippen MR) is 71.2 cm³/mol. The van der Waals surface area contributed by atoms with Gasteiger partial charge in [-0.3, -0.25) is 4.79 Å². The first-order valence-electron chi connectivity index (χ1n) is 6.27. The smallest absolute Gasteiger partial charge is 0.248 e. The molecule has 7 heteroatoms. The normalized spacial score (nSPS) is 10.7. The first-order valence-corrected chi connectivity index (χ1v) is 6.27. The second kappa shape index (κ2) is 6.25. The largest absolute Gasteiger partial charge is 0.366 e. The molecule has 1 aromatic heterocycles. The molecule has 0 aliphatic carbocycles. The number of halogens is 1. The SMILES string of the molecule is CCn1cnnc1CNCc1cc(C(N)=O)ccc1F. The zero-order valence-corrected chi connectivity index (χ0v) is 11.1. The lowest BCUT2D eigenvalue weighted by atomic mass is 10.1. The van der Waals surface area contributed by atoms with Gasteiger partial charge in [-0.25, -0.2) is 4.39 Å². The summed E-state index contributed by atoms with van der Waals surface area (Å²) < 4.78 is 15.5. The molecule has 0 fully saturated rings.